The summed E-state index contributed by atoms with van der Waals surface area (Å²) in [5, 5.41) is 11.6. The highest BCUT2D eigenvalue weighted by Crippen LogP contribution is 2.20. The van der Waals surface area contributed by atoms with E-state index in [1.54, 1.807) is 12.1 Å². The molecule has 6 nitrogen and oxygen atoms in total. The number of ether oxygens (including phenoxy) is 1. The van der Waals surface area contributed by atoms with Crippen LogP contribution in [0.4, 0.5) is 5.95 Å². The molecule has 0 saturated carbocycles. The van der Waals surface area contributed by atoms with Gasteiger partial charge in [0.2, 0.25) is 11.2 Å². The zero-order chi connectivity index (χ0) is 14.4. The lowest BCUT2D eigenvalue weighted by molar-refractivity contribution is 0.440. The van der Waals surface area contributed by atoms with E-state index in [1.807, 2.05) is 19.1 Å². The lowest BCUT2D eigenvalue weighted by Crippen LogP contribution is -2.04. The summed E-state index contributed by atoms with van der Waals surface area (Å²) in [4.78, 5) is 11.9. The number of aromatic nitrogens is 3. The summed E-state index contributed by atoms with van der Waals surface area (Å²) >= 11 is 5.80. The molecule has 0 bridgehead atoms. The Labute approximate surface area is 121 Å². The molecule has 1 aromatic heterocycles. The molecule has 0 radical (unpaired) electrons. The fraction of sp³-hybridized carbons (Fsp3) is 0.231. The first-order chi connectivity index (χ1) is 9.71. The number of halogens is 1. The summed E-state index contributed by atoms with van der Waals surface area (Å²) in [5.41, 5.74) is 0.918. The zero-order valence-electron chi connectivity index (χ0n) is 10.8. The first-order valence-corrected chi connectivity index (χ1v) is 6.38. The Kier molecular flexibility index (Phi) is 4.69. The number of hydrogen-bond donors (Lipinski definition) is 1. The average Bonchev–Trinajstić information content (AvgIpc) is 2.41. The highest BCUT2D eigenvalue weighted by atomic mass is 35.5. The molecule has 1 aromatic carbocycles. The molecule has 2 rings (SSSR count). The Morgan fingerprint density at radius 2 is 2.00 bits per heavy atom. The standard InChI is InChI=1S/C13H12ClN5O/c1-2-16-12-17-11(14)18-13(19-12)20-10-5-3-9(4-6-10)7-8-15/h3-6H,2,7H2,1H3,(H,16,17,18,19). The van der Waals surface area contributed by atoms with Crippen molar-refractivity contribution in [2.45, 2.75) is 13.3 Å². The van der Waals surface area contributed by atoms with E-state index in [0.29, 0.717) is 24.7 Å². The molecule has 0 amide bonds. The molecule has 0 aliphatic carbocycles. The molecule has 2 aromatic rings. The third kappa shape index (κ3) is 3.80. The van der Waals surface area contributed by atoms with Gasteiger partial charge in [0.05, 0.1) is 12.5 Å². The van der Waals surface area contributed by atoms with Gasteiger partial charge in [0, 0.05) is 6.54 Å². The lowest BCUT2D eigenvalue weighted by atomic mass is 10.2. The lowest BCUT2D eigenvalue weighted by Gasteiger charge is -2.06. The van der Waals surface area contributed by atoms with Crippen molar-refractivity contribution in [1.29, 1.82) is 5.26 Å². The van der Waals surface area contributed by atoms with Gasteiger partial charge in [0.15, 0.2) is 0 Å². The Morgan fingerprint density at radius 3 is 2.65 bits per heavy atom. The van der Waals surface area contributed by atoms with Crippen LogP contribution in [0.5, 0.6) is 11.8 Å². The van der Waals surface area contributed by atoms with Gasteiger partial charge in [-0.15, -0.1) is 0 Å². The number of hydrogen-bond acceptors (Lipinski definition) is 6. The molecule has 0 atom stereocenters. The molecule has 0 saturated heterocycles. The topological polar surface area (TPSA) is 83.7 Å². The predicted molar refractivity (Wildman–Crippen MR) is 74.8 cm³/mol. The Balaban J connectivity index is 2.14. The Hall–Kier alpha value is -2.39. The van der Waals surface area contributed by atoms with Crippen LogP contribution in [0.2, 0.25) is 5.28 Å². The second kappa shape index (κ2) is 6.68. The van der Waals surface area contributed by atoms with Crippen molar-refractivity contribution in [1.82, 2.24) is 15.0 Å². The van der Waals surface area contributed by atoms with Gasteiger partial charge in [0.25, 0.3) is 0 Å². The van der Waals surface area contributed by atoms with Crippen molar-refractivity contribution in [3.63, 3.8) is 0 Å². The minimum Gasteiger partial charge on any atom is -0.424 e. The fourth-order valence-electron chi connectivity index (χ4n) is 1.49. The largest absolute Gasteiger partial charge is 0.424 e. The first kappa shape index (κ1) is 14.0. The maximum absolute atomic E-state index is 8.61. The SMILES string of the molecule is CCNc1nc(Cl)nc(Oc2ccc(CC#N)cc2)n1. The number of anilines is 1. The van der Waals surface area contributed by atoms with Gasteiger partial charge in [-0.25, -0.2) is 0 Å². The summed E-state index contributed by atoms with van der Waals surface area (Å²) in [6.07, 6.45) is 0.364. The van der Waals surface area contributed by atoms with Gasteiger partial charge in [-0.1, -0.05) is 12.1 Å². The maximum Gasteiger partial charge on any atom is 0.328 e. The van der Waals surface area contributed by atoms with Crippen LogP contribution in [0, 0.1) is 11.3 Å². The van der Waals surface area contributed by atoms with E-state index >= 15 is 0 Å². The molecule has 1 heterocycles. The molecule has 0 aliphatic rings. The third-order valence-corrected chi connectivity index (χ3v) is 2.51. The van der Waals surface area contributed by atoms with Crippen molar-refractivity contribution in [2.24, 2.45) is 0 Å². The van der Waals surface area contributed by atoms with Gasteiger partial charge in [-0.2, -0.15) is 20.2 Å². The summed E-state index contributed by atoms with van der Waals surface area (Å²) in [5.74, 6) is 0.931. The first-order valence-electron chi connectivity index (χ1n) is 6.00. The Bertz CT molecular complexity index is 624. The van der Waals surface area contributed by atoms with Crippen LogP contribution in [-0.2, 0) is 6.42 Å². The Morgan fingerprint density at radius 1 is 1.25 bits per heavy atom. The van der Waals surface area contributed by atoms with E-state index in [1.165, 1.54) is 0 Å². The molecule has 102 valence electrons. The number of benzene rings is 1. The van der Waals surface area contributed by atoms with Gasteiger partial charge in [-0.05, 0) is 36.2 Å². The smallest absolute Gasteiger partial charge is 0.328 e. The van der Waals surface area contributed by atoms with Gasteiger partial charge in [0.1, 0.15) is 5.75 Å². The normalized spacial score (nSPS) is 9.85. The highest BCUT2D eigenvalue weighted by Gasteiger charge is 2.06. The van der Waals surface area contributed by atoms with Crippen LogP contribution >= 0.6 is 11.6 Å². The second-order valence-corrected chi connectivity index (χ2v) is 4.16. The number of nitriles is 1. The van der Waals surface area contributed by atoms with E-state index in [-0.39, 0.29) is 11.3 Å². The molecular formula is C13H12ClN5O. The summed E-state index contributed by atoms with van der Waals surface area (Å²) in [7, 11) is 0. The second-order valence-electron chi connectivity index (χ2n) is 3.82. The van der Waals surface area contributed by atoms with Crippen LogP contribution in [0.25, 0.3) is 0 Å². The number of nitrogens with one attached hydrogen (secondary N) is 1. The summed E-state index contributed by atoms with van der Waals surface area (Å²) in [6, 6.07) is 9.32. The minimum atomic E-state index is 0.0621. The van der Waals surface area contributed by atoms with Crippen LogP contribution in [-0.4, -0.2) is 21.5 Å². The highest BCUT2D eigenvalue weighted by molar-refractivity contribution is 6.28. The molecule has 0 fully saturated rings. The average molecular weight is 290 g/mol. The molecule has 7 heteroatoms. The zero-order valence-corrected chi connectivity index (χ0v) is 11.6. The minimum absolute atomic E-state index is 0.0621. The fourth-order valence-corrected chi connectivity index (χ4v) is 1.64. The van der Waals surface area contributed by atoms with Gasteiger partial charge < -0.3 is 10.1 Å². The van der Waals surface area contributed by atoms with Crippen molar-refractivity contribution in [3.8, 4) is 17.8 Å². The summed E-state index contributed by atoms with van der Waals surface area (Å²) in [6.45, 7) is 2.59. The van der Waals surface area contributed by atoms with E-state index in [9.17, 15) is 0 Å². The van der Waals surface area contributed by atoms with Crippen LogP contribution in [0.15, 0.2) is 24.3 Å². The summed E-state index contributed by atoms with van der Waals surface area (Å²) < 4.78 is 5.51. The van der Waals surface area contributed by atoms with E-state index in [0.717, 1.165) is 5.56 Å². The van der Waals surface area contributed by atoms with Gasteiger partial charge in [-0.3, -0.25) is 0 Å². The third-order valence-electron chi connectivity index (χ3n) is 2.34. The predicted octanol–water partition coefficient (Wildman–Crippen LogP) is 2.82. The van der Waals surface area contributed by atoms with Crippen molar-refractivity contribution in [3.05, 3.63) is 35.1 Å². The monoisotopic (exact) mass is 289 g/mol. The maximum atomic E-state index is 8.61. The van der Waals surface area contributed by atoms with Crippen LogP contribution < -0.4 is 10.1 Å². The molecule has 20 heavy (non-hydrogen) atoms. The number of rotatable bonds is 5. The van der Waals surface area contributed by atoms with Crippen molar-refractivity contribution < 1.29 is 4.74 Å². The molecule has 0 spiro atoms. The molecule has 1 N–H and O–H groups in total. The number of nitrogens with zero attached hydrogens (tertiary/aromatic N) is 4. The van der Waals surface area contributed by atoms with Crippen molar-refractivity contribution >= 4 is 17.5 Å². The molecule has 0 unspecified atom stereocenters. The van der Waals surface area contributed by atoms with Crippen LogP contribution in [0.1, 0.15) is 12.5 Å². The molecule has 0 aliphatic heterocycles. The van der Waals surface area contributed by atoms with Crippen molar-refractivity contribution in [2.75, 3.05) is 11.9 Å². The van der Waals surface area contributed by atoms with E-state index in [4.69, 9.17) is 21.6 Å². The van der Waals surface area contributed by atoms with Crippen LogP contribution in [0.3, 0.4) is 0 Å². The van der Waals surface area contributed by atoms with E-state index < -0.39 is 0 Å². The molecular weight excluding hydrogens is 278 g/mol. The quantitative estimate of drug-likeness (QED) is 0.911. The van der Waals surface area contributed by atoms with E-state index in [2.05, 4.69) is 26.3 Å². The van der Waals surface area contributed by atoms with Gasteiger partial charge >= 0.3 is 6.01 Å².